The Labute approximate surface area is 114 Å². The van der Waals surface area contributed by atoms with E-state index in [1.54, 1.807) is 0 Å². The van der Waals surface area contributed by atoms with Crippen LogP contribution in [0.15, 0.2) is 48.5 Å². The van der Waals surface area contributed by atoms with Crippen molar-refractivity contribution in [1.29, 1.82) is 0 Å². The molecular formula is C17H20N2. The second-order valence-electron chi connectivity index (χ2n) is 5.34. The Hall–Kier alpha value is -1.80. The van der Waals surface area contributed by atoms with Gasteiger partial charge in [0.1, 0.15) is 0 Å². The van der Waals surface area contributed by atoms with Gasteiger partial charge in [0.2, 0.25) is 0 Å². The average molecular weight is 252 g/mol. The van der Waals surface area contributed by atoms with Gasteiger partial charge in [-0.25, -0.2) is 0 Å². The molecule has 2 aromatic rings. The number of nitrogens with zero attached hydrogens (tertiary/aromatic N) is 1. The van der Waals surface area contributed by atoms with E-state index in [0.717, 1.165) is 13.1 Å². The molecule has 2 nitrogen and oxygen atoms in total. The molecule has 2 aromatic carbocycles. The van der Waals surface area contributed by atoms with Gasteiger partial charge in [-0.3, -0.25) is 0 Å². The van der Waals surface area contributed by atoms with Gasteiger partial charge in [0, 0.05) is 31.2 Å². The molecule has 1 aliphatic heterocycles. The predicted octanol–water partition coefficient (Wildman–Crippen LogP) is 3.06. The summed E-state index contributed by atoms with van der Waals surface area (Å²) >= 11 is 0. The smallest absolute Gasteiger partial charge is 0.0399 e. The number of hydrogen-bond donors (Lipinski definition) is 1. The van der Waals surface area contributed by atoms with E-state index in [-0.39, 0.29) is 0 Å². The second kappa shape index (κ2) is 5.06. The van der Waals surface area contributed by atoms with E-state index >= 15 is 0 Å². The zero-order chi connectivity index (χ0) is 13.2. The molecule has 0 spiro atoms. The molecule has 1 saturated heterocycles. The topological polar surface area (TPSA) is 29.3 Å². The van der Waals surface area contributed by atoms with Gasteiger partial charge in [0.05, 0.1) is 0 Å². The van der Waals surface area contributed by atoms with Crippen LogP contribution >= 0.6 is 0 Å². The Bertz CT molecular complexity index is 557. The zero-order valence-electron chi connectivity index (χ0n) is 11.3. The molecule has 19 heavy (non-hydrogen) atoms. The molecule has 1 fully saturated rings. The summed E-state index contributed by atoms with van der Waals surface area (Å²) in [6.45, 7) is 5.01. The van der Waals surface area contributed by atoms with E-state index in [0.29, 0.717) is 12.5 Å². The third-order valence-electron chi connectivity index (χ3n) is 4.00. The summed E-state index contributed by atoms with van der Waals surface area (Å²) in [5.74, 6) is 0.669. The first kappa shape index (κ1) is 12.2. The first-order valence-corrected chi connectivity index (χ1v) is 6.87. The molecule has 3 rings (SSSR count). The van der Waals surface area contributed by atoms with Gasteiger partial charge in [0.15, 0.2) is 0 Å². The van der Waals surface area contributed by atoms with E-state index in [2.05, 4.69) is 60.4 Å². The SMILES string of the molecule is Cc1ccc(CN)cc1N1CC(c2ccccc2)C1. The Morgan fingerprint density at radius 2 is 1.84 bits per heavy atom. The van der Waals surface area contributed by atoms with Gasteiger partial charge in [-0.2, -0.15) is 0 Å². The van der Waals surface area contributed by atoms with E-state index in [4.69, 9.17) is 5.73 Å². The van der Waals surface area contributed by atoms with Crippen LogP contribution in [0, 0.1) is 6.92 Å². The van der Waals surface area contributed by atoms with Crippen LogP contribution in [0.4, 0.5) is 5.69 Å². The van der Waals surface area contributed by atoms with Crippen LogP contribution in [0.2, 0.25) is 0 Å². The van der Waals surface area contributed by atoms with Gasteiger partial charge in [-0.15, -0.1) is 0 Å². The monoisotopic (exact) mass is 252 g/mol. The standard InChI is InChI=1S/C17H20N2/c1-13-7-8-14(10-18)9-17(13)19-11-16(12-19)15-5-3-2-4-6-15/h2-9,16H,10-12,18H2,1H3. The van der Waals surface area contributed by atoms with E-state index < -0.39 is 0 Å². The van der Waals surface area contributed by atoms with E-state index in [1.807, 2.05) is 0 Å². The Morgan fingerprint density at radius 3 is 2.53 bits per heavy atom. The van der Waals surface area contributed by atoms with Crippen LogP contribution in [-0.2, 0) is 6.54 Å². The number of aryl methyl sites for hydroxylation is 1. The van der Waals surface area contributed by atoms with Crippen LogP contribution in [0.5, 0.6) is 0 Å². The van der Waals surface area contributed by atoms with Crippen LogP contribution in [0.25, 0.3) is 0 Å². The van der Waals surface area contributed by atoms with Crippen molar-refractivity contribution >= 4 is 5.69 Å². The normalized spacial score (nSPS) is 15.4. The van der Waals surface area contributed by atoms with Crippen molar-refractivity contribution in [2.24, 2.45) is 5.73 Å². The minimum absolute atomic E-state index is 0.614. The fourth-order valence-electron chi connectivity index (χ4n) is 2.73. The number of nitrogens with two attached hydrogens (primary N) is 1. The maximum absolute atomic E-state index is 5.73. The summed E-state index contributed by atoms with van der Waals surface area (Å²) in [7, 11) is 0. The lowest BCUT2D eigenvalue weighted by molar-refractivity contribution is 0.524. The molecule has 0 amide bonds. The molecule has 0 radical (unpaired) electrons. The summed E-state index contributed by atoms with van der Waals surface area (Å²) in [6.07, 6.45) is 0. The molecular weight excluding hydrogens is 232 g/mol. The lowest BCUT2D eigenvalue weighted by Gasteiger charge is -2.42. The molecule has 0 saturated carbocycles. The Morgan fingerprint density at radius 1 is 1.11 bits per heavy atom. The highest BCUT2D eigenvalue weighted by molar-refractivity contribution is 5.58. The van der Waals surface area contributed by atoms with Gasteiger partial charge in [-0.05, 0) is 29.7 Å². The predicted molar refractivity (Wildman–Crippen MR) is 80.5 cm³/mol. The van der Waals surface area contributed by atoms with E-state index in [9.17, 15) is 0 Å². The van der Waals surface area contributed by atoms with Crippen molar-refractivity contribution in [1.82, 2.24) is 0 Å². The third kappa shape index (κ3) is 2.36. The van der Waals surface area contributed by atoms with Crippen molar-refractivity contribution in [2.75, 3.05) is 18.0 Å². The first-order valence-electron chi connectivity index (χ1n) is 6.87. The van der Waals surface area contributed by atoms with Crippen molar-refractivity contribution in [3.63, 3.8) is 0 Å². The average Bonchev–Trinajstić information content (AvgIpc) is 2.40. The van der Waals surface area contributed by atoms with Crippen LogP contribution < -0.4 is 10.6 Å². The molecule has 0 atom stereocenters. The van der Waals surface area contributed by atoms with Crippen LogP contribution in [0.3, 0.4) is 0 Å². The Balaban J connectivity index is 1.74. The van der Waals surface area contributed by atoms with Gasteiger partial charge in [0.25, 0.3) is 0 Å². The number of rotatable bonds is 3. The van der Waals surface area contributed by atoms with Gasteiger partial charge < -0.3 is 10.6 Å². The van der Waals surface area contributed by atoms with Crippen molar-refractivity contribution < 1.29 is 0 Å². The maximum Gasteiger partial charge on any atom is 0.0399 e. The largest absolute Gasteiger partial charge is 0.370 e. The number of hydrogen-bond acceptors (Lipinski definition) is 2. The van der Waals surface area contributed by atoms with Crippen molar-refractivity contribution in [3.8, 4) is 0 Å². The van der Waals surface area contributed by atoms with Crippen molar-refractivity contribution in [3.05, 3.63) is 65.2 Å². The minimum Gasteiger partial charge on any atom is -0.370 e. The molecule has 0 aliphatic carbocycles. The molecule has 98 valence electrons. The first-order chi connectivity index (χ1) is 9.28. The van der Waals surface area contributed by atoms with E-state index in [1.165, 1.54) is 22.4 Å². The van der Waals surface area contributed by atoms with Gasteiger partial charge >= 0.3 is 0 Å². The summed E-state index contributed by atoms with van der Waals surface area (Å²) in [5, 5.41) is 0. The lowest BCUT2D eigenvalue weighted by Crippen LogP contribution is -2.45. The van der Waals surface area contributed by atoms with Crippen LogP contribution in [-0.4, -0.2) is 13.1 Å². The molecule has 1 heterocycles. The summed E-state index contributed by atoms with van der Waals surface area (Å²) in [4.78, 5) is 2.45. The fraction of sp³-hybridized carbons (Fsp3) is 0.294. The molecule has 1 aliphatic rings. The minimum atomic E-state index is 0.614. The highest BCUT2D eigenvalue weighted by Gasteiger charge is 2.28. The molecule has 2 N–H and O–H groups in total. The quantitative estimate of drug-likeness (QED) is 0.909. The number of anilines is 1. The molecule has 2 heteroatoms. The highest BCUT2D eigenvalue weighted by atomic mass is 15.2. The highest BCUT2D eigenvalue weighted by Crippen LogP contribution is 2.33. The molecule has 0 unspecified atom stereocenters. The zero-order valence-corrected chi connectivity index (χ0v) is 11.3. The Kier molecular flexibility index (Phi) is 3.26. The van der Waals surface area contributed by atoms with Crippen LogP contribution in [0.1, 0.15) is 22.6 Å². The summed E-state index contributed by atoms with van der Waals surface area (Å²) < 4.78 is 0. The molecule has 0 aromatic heterocycles. The lowest BCUT2D eigenvalue weighted by atomic mass is 9.90. The maximum atomic E-state index is 5.73. The third-order valence-corrected chi connectivity index (χ3v) is 4.00. The van der Waals surface area contributed by atoms with Gasteiger partial charge in [-0.1, -0.05) is 42.5 Å². The fourth-order valence-corrected chi connectivity index (χ4v) is 2.73. The van der Waals surface area contributed by atoms with Crippen molar-refractivity contribution in [2.45, 2.75) is 19.4 Å². The molecule has 0 bridgehead atoms. The number of benzene rings is 2. The summed E-state index contributed by atoms with van der Waals surface area (Å²) in [6, 6.07) is 17.3. The second-order valence-corrected chi connectivity index (χ2v) is 5.34. The summed E-state index contributed by atoms with van der Waals surface area (Å²) in [5.41, 5.74) is 11.1.